The Labute approximate surface area is 120 Å². The molecule has 19 heavy (non-hydrogen) atoms. The van der Waals surface area contributed by atoms with Gasteiger partial charge in [0.15, 0.2) is 0 Å². The van der Waals surface area contributed by atoms with Gasteiger partial charge in [-0.15, -0.1) is 0 Å². The molecule has 0 aromatic heterocycles. The van der Waals surface area contributed by atoms with Crippen molar-refractivity contribution in [2.45, 2.75) is 84.2 Å². The largest absolute Gasteiger partial charge is 0.313 e. The van der Waals surface area contributed by atoms with Gasteiger partial charge in [0.25, 0.3) is 0 Å². The van der Waals surface area contributed by atoms with Crippen LogP contribution in [-0.4, -0.2) is 36.6 Å². The predicted molar refractivity (Wildman–Crippen MR) is 83.5 cm³/mol. The summed E-state index contributed by atoms with van der Waals surface area (Å²) in [5, 5.41) is 3.73. The minimum absolute atomic E-state index is 0.516. The highest BCUT2D eigenvalue weighted by atomic mass is 15.2. The smallest absolute Gasteiger partial charge is 0.0195 e. The average Bonchev–Trinajstić information content (AvgIpc) is 2.39. The minimum atomic E-state index is 0.516. The number of hydrogen-bond donors (Lipinski definition) is 1. The van der Waals surface area contributed by atoms with Crippen molar-refractivity contribution in [2.75, 3.05) is 19.6 Å². The van der Waals surface area contributed by atoms with Crippen LogP contribution in [0.15, 0.2) is 0 Å². The summed E-state index contributed by atoms with van der Waals surface area (Å²) in [6, 6.07) is 1.56. The summed E-state index contributed by atoms with van der Waals surface area (Å²) in [5.41, 5.74) is 0.516. The van der Waals surface area contributed by atoms with Crippen LogP contribution in [0.4, 0.5) is 0 Å². The molecule has 112 valence electrons. The van der Waals surface area contributed by atoms with Crippen molar-refractivity contribution in [3.05, 3.63) is 0 Å². The molecule has 1 aliphatic carbocycles. The molecule has 0 radical (unpaired) electrons. The van der Waals surface area contributed by atoms with Crippen molar-refractivity contribution in [3.63, 3.8) is 0 Å². The van der Waals surface area contributed by atoms with Gasteiger partial charge in [0.1, 0.15) is 0 Å². The van der Waals surface area contributed by atoms with Crippen LogP contribution in [0, 0.1) is 5.41 Å². The Kier molecular flexibility index (Phi) is 5.70. The molecule has 0 bridgehead atoms. The summed E-state index contributed by atoms with van der Waals surface area (Å²) in [6.45, 7) is 11.1. The van der Waals surface area contributed by atoms with E-state index in [-0.39, 0.29) is 0 Å². The molecule has 2 unspecified atom stereocenters. The van der Waals surface area contributed by atoms with Gasteiger partial charge in [0.05, 0.1) is 0 Å². The molecule has 0 aromatic rings. The van der Waals surface area contributed by atoms with Crippen molar-refractivity contribution in [1.82, 2.24) is 10.2 Å². The second kappa shape index (κ2) is 7.08. The van der Waals surface area contributed by atoms with Crippen LogP contribution in [0.2, 0.25) is 0 Å². The van der Waals surface area contributed by atoms with Gasteiger partial charge in [0, 0.05) is 18.6 Å². The maximum Gasteiger partial charge on any atom is 0.0195 e. The van der Waals surface area contributed by atoms with E-state index in [4.69, 9.17) is 0 Å². The molecule has 2 aliphatic rings. The Morgan fingerprint density at radius 2 is 1.89 bits per heavy atom. The average molecular weight is 266 g/mol. The van der Waals surface area contributed by atoms with Crippen molar-refractivity contribution < 1.29 is 0 Å². The highest BCUT2D eigenvalue weighted by molar-refractivity contribution is 4.91. The summed E-state index contributed by atoms with van der Waals surface area (Å²) in [4.78, 5) is 2.82. The van der Waals surface area contributed by atoms with Gasteiger partial charge in [-0.25, -0.2) is 0 Å². The molecule has 0 aromatic carbocycles. The standard InChI is InChI=1S/C17H34N2/c1-4-13-19(14-15-9-6-8-12-18-15)16-10-5-7-11-17(16,2)3/h15-16,18H,4-14H2,1-3H3. The maximum absolute atomic E-state index is 3.73. The van der Waals surface area contributed by atoms with Crippen LogP contribution in [0.5, 0.6) is 0 Å². The fourth-order valence-corrected chi connectivity index (χ4v) is 4.18. The van der Waals surface area contributed by atoms with Crippen molar-refractivity contribution >= 4 is 0 Å². The molecule has 2 nitrogen and oxygen atoms in total. The fourth-order valence-electron chi connectivity index (χ4n) is 4.18. The van der Waals surface area contributed by atoms with E-state index >= 15 is 0 Å². The maximum atomic E-state index is 3.73. The lowest BCUT2D eigenvalue weighted by Crippen LogP contribution is -2.52. The third-order valence-corrected chi connectivity index (χ3v) is 5.27. The molecule has 1 heterocycles. The fraction of sp³-hybridized carbons (Fsp3) is 1.00. The van der Waals surface area contributed by atoms with E-state index in [1.165, 1.54) is 71.0 Å². The summed E-state index contributed by atoms with van der Waals surface area (Å²) in [7, 11) is 0. The highest BCUT2D eigenvalue weighted by Crippen LogP contribution is 2.38. The summed E-state index contributed by atoms with van der Waals surface area (Å²) in [5.74, 6) is 0. The van der Waals surface area contributed by atoms with Gasteiger partial charge in [-0.2, -0.15) is 0 Å². The molecular formula is C17H34N2. The van der Waals surface area contributed by atoms with Crippen LogP contribution in [0.3, 0.4) is 0 Å². The minimum Gasteiger partial charge on any atom is -0.313 e. The SMILES string of the molecule is CCCN(CC1CCCCN1)C1CCCCC1(C)C. The summed E-state index contributed by atoms with van der Waals surface area (Å²) >= 11 is 0. The topological polar surface area (TPSA) is 15.3 Å². The zero-order chi connectivity index (χ0) is 13.7. The molecule has 1 N–H and O–H groups in total. The molecule has 1 aliphatic heterocycles. The number of piperidine rings is 1. The van der Waals surface area contributed by atoms with Gasteiger partial charge < -0.3 is 5.32 Å². The number of nitrogens with zero attached hydrogens (tertiary/aromatic N) is 1. The predicted octanol–water partition coefficient (Wildman–Crippen LogP) is 3.81. The molecule has 2 fully saturated rings. The van der Waals surface area contributed by atoms with E-state index < -0.39 is 0 Å². The van der Waals surface area contributed by atoms with E-state index in [1.54, 1.807) is 0 Å². The third kappa shape index (κ3) is 4.19. The lowest BCUT2D eigenvalue weighted by Gasteiger charge is -2.47. The molecule has 2 rings (SSSR count). The Morgan fingerprint density at radius 1 is 1.11 bits per heavy atom. The molecular weight excluding hydrogens is 232 g/mol. The number of hydrogen-bond acceptors (Lipinski definition) is 2. The molecule has 2 atom stereocenters. The normalized spacial score (nSPS) is 31.6. The molecule has 0 amide bonds. The second-order valence-electron chi connectivity index (χ2n) is 7.39. The first-order chi connectivity index (χ1) is 9.13. The van der Waals surface area contributed by atoms with Crippen LogP contribution in [-0.2, 0) is 0 Å². The van der Waals surface area contributed by atoms with Gasteiger partial charge >= 0.3 is 0 Å². The molecule has 1 saturated carbocycles. The molecule has 0 spiro atoms. The van der Waals surface area contributed by atoms with Crippen LogP contribution in [0.25, 0.3) is 0 Å². The van der Waals surface area contributed by atoms with E-state index in [0.717, 1.165) is 12.1 Å². The number of nitrogens with one attached hydrogen (secondary N) is 1. The number of rotatable bonds is 5. The van der Waals surface area contributed by atoms with Gasteiger partial charge in [-0.3, -0.25) is 4.90 Å². The van der Waals surface area contributed by atoms with Gasteiger partial charge in [0.2, 0.25) is 0 Å². The van der Waals surface area contributed by atoms with Crippen LogP contribution in [0.1, 0.15) is 72.1 Å². The van der Waals surface area contributed by atoms with Crippen LogP contribution >= 0.6 is 0 Å². The third-order valence-electron chi connectivity index (χ3n) is 5.27. The lowest BCUT2D eigenvalue weighted by molar-refractivity contribution is 0.0397. The zero-order valence-electron chi connectivity index (χ0n) is 13.4. The Morgan fingerprint density at radius 3 is 2.53 bits per heavy atom. The Bertz CT molecular complexity index is 256. The van der Waals surface area contributed by atoms with Crippen molar-refractivity contribution in [2.24, 2.45) is 5.41 Å². The zero-order valence-corrected chi connectivity index (χ0v) is 13.4. The highest BCUT2D eigenvalue weighted by Gasteiger charge is 2.36. The summed E-state index contributed by atoms with van der Waals surface area (Å²) < 4.78 is 0. The second-order valence-corrected chi connectivity index (χ2v) is 7.39. The molecule has 2 heteroatoms. The quantitative estimate of drug-likeness (QED) is 0.814. The van der Waals surface area contributed by atoms with E-state index in [1.807, 2.05) is 0 Å². The molecule has 1 saturated heterocycles. The summed E-state index contributed by atoms with van der Waals surface area (Å²) in [6.07, 6.45) is 11.2. The van der Waals surface area contributed by atoms with Gasteiger partial charge in [-0.1, -0.05) is 40.0 Å². The van der Waals surface area contributed by atoms with E-state index in [9.17, 15) is 0 Å². The monoisotopic (exact) mass is 266 g/mol. The first-order valence-electron chi connectivity index (χ1n) is 8.61. The van der Waals surface area contributed by atoms with Gasteiger partial charge in [-0.05, 0) is 50.6 Å². The Hall–Kier alpha value is -0.0800. The van der Waals surface area contributed by atoms with Crippen LogP contribution < -0.4 is 5.32 Å². The Balaban J connectivity index is 1.96. The first kappa shape index (κ1) is 15.3. The van der Waals surface area contributed by atoms with Crippen molar-refractivity contribution in [1.29, 1.82) is 0 Å². The van der Waals surface area contributed by atoms with E-state index in [0.29, 0.717) is 5.41 Å². The van der Waals surface area contributed by atoms with Crippen molar-refractivity contribution in [3.8, 4) is 0 Å². The first-order valence-corrected chi connectivity index (χ1v) is 8.61. The van der Waals surface area contributed by atoms with E-state index in [2.05, 4.69) is 31.0 Å². The lowest BCUT2D eigenvalue weighted by atomic mass is 9.72.